The first kappa shape index (κ1) is 13.5. The molecule has 0 spiro atoms. The summed E-state index contributed by atoms with van der Waals surface area (Å²) in [6.45, 7) is 4.95. The number of carboxylic acids is 1. The monoisotopic (exact) mass is 263 g/mol. The molecule has 5 nitrogen and oxygen atoms in total. The van der Waals surface area contributed by atoms with Crippen LogP contribution in [0.3, 0.4) is 0 Å². The highest BCUT2D eigenvalue weighted by Gasteiger charge is 2.28. The highest BCUT2D eigenvalue weighted by molar-refractivity contribution is 5.96. The van der Waals surface area contributed by atoms with Gasteiger partial charge >= 0.3 is 5.97 Å². The number of carbonyl (C=O) groups is 2. The minimum atomic E-state index is -0.993. The lowest BCUT2D eigenvalue weighted by molar-refractivity contribution is -0.0387. The Morgan fingerprint density at radius 1 is 1.21 bits per heavy atom. The first-order valence-electron chi connectivity index (χ1n) is 6.25. The van der Waals surface area contributed by atoms with Gasteiger partial charge in [0, 0.05) is 12.1 Å². The van der Waals surface area contributed by atoms with Crippen LogP contribution in [-0.4, -0.2) is 47.2 Å². The molecule has 2 atom stereocenters. The standard InChI is InChI=1S/C14H17NO4/c1-9-8-19-10(2)7-15(9)13(16)11-3-5-12(6-4-11)14(17)18/h3-6,9-10H,7-8H2,1-2H3,(H,17,18)/t9-,10-/m0/s1. The van der Waals surface area contributed by atoms with Crippen LogP contribution in [0.5, 0.6) is 0 Å². The minimum absolute atomic E-state index is 0.0263. The van der Waals surface area contributed by atoms with Crippen LogP contribution >= 0.6 is 0 Å². The van der Waals surface area contributed by atoms with E-state index in [0.29, 0.717) is 18.7 Å². The summed E-state index contributed by atoms with van der Waals surface area (Å²) in [5.41, 5.74) is 0.686. The SMILES string of the molecule is C[C@H]1CN(C(=O)c2ccc(C(=O)O)cc2)[C@@H](C)CO1. The lowest BCUT2D eigenvalue weighted by Gasteiger charge is -2.36. The van der Waals surface area contributed by atoms with Crippen LogP contribution in [0, 0.1) is 0 Å². The molecular weight excluding hydrogens is 246 g/mol. The normalized spacial score (nSPS) is 23.2. The first-order chi connectivity index (χ1) is 8.99. The second-order valence-corrected chi connectivity index (χ2v) is 4.83. The van der Waals surface area contributed by atoms with Crippen molar-refractivity contribution >= 4 is 11.9 Å². The first-order valence-corrected chi connectivity index (χ1v) is 6.25. The molecule has 5 heteroatoms. The van der Waals surface area contributed by atoms with Gasteiger partial charge in [0.2, 0.25) is 0 Å². The smallest absolute Gasteiger partial charge is 0.335 e. The average Bonchev–Trinajstić information content (AvgIpc) is 2.41. The molecule has 0 unspecified atom stereocenters. The van der Waals surface area contributed by atoms with Crippen LogP contribution in [0.1, 0.15) is 34.6 Å². The van der Waals surface area contributed by atoms with E-state index in [1.54, 1.807) is 17.0 Å². The highest BCUT2D eigenvalue weighted by Crippen LogP contribution is 2.16. The number of rotatable bonds is 2. The highest BCUT2D eigenvalue weighted by atomic mass is 16.5. The summed E-state index contributed by atoms with van der Waals surface area (Å²) in [6.07, 6.45) is 0.0263. The number of ether oxygens (including phenoxy) is 1. The average molecular weight is 263 g/mol. The Hall–Kier alpha value is -1.88. The zero-order valence-corrected chi connectivity index (χ0v) is 11.0. The predicted octanol–water partition coefficient (Wildman–Crippen LogP) is 1.63. The second kappa shape index (κ2) is 5.40. The number of aromatic carboxylic acids is 1. The summed E-state index contributed by atoms with van der Waals surface area (Å²) in [7, 11) is 0. The molecule has 0 bridgehead atoms. The van der Waals surface area contributed by atoms with Gasteiger partial charge in [-0.05, 0) is 38.1 Å². The van der Waals surface area contributed by atoms with E-state index in [4.69, 9.17) is 9.84 Å². The Morgan fingerprint density at radius 3 is 2.37 bits per heavy atom. The van der Waals surface area contributed by atoms with Crippen molar-refractivity contribution in [2.45, 2.75) is 26.0 Å². The van der Waals surface area contributed by atoms with Gasteiger partial charge in [-0.3, -0.25) is 4.79 Å². The molecule has 0 saturated carbocycles. The number of nitrogens with zero attached hydrogens (tertiary/aromatic N) is 1. The lowest BCUT2D eigenvalue weighted by Crippen LogP contribution is -2.50. The molecule has 0 aliphatic carbocycles. The summed E-state index contributed by atoms with van der Waals surface area (Å²) in [5, 5.41) is 8.83. The van der Waals surface area contributed by atoms with E-state index in [1.807, 2.05) is 13.8 Å². The fourth-order valence-electron chi connectivity index (χ4n) is 2.11. The maximum Gasteiger partial charge on any atom is 0.335 e. The number of morpholine rings is 1. The molecule has 1 saturated heterocycles. The number of hydrogen-bond acceptors (Lipinski definition) is 3. The lowest BCUT2D eigenvalue weighted by atomic mass is 10.1. The van der Waals surface area contributed by atoms with Gasteiger partial charge in [-0.15, -0.1) is 0 Å². The van der Waals surface area contributed by atoms with Crippen LogP contribution in [0.25, 0.3) is 0 Å². The van der Waals surface area contributed by atoms with Gasteiger partial charge in [-0.25, -0.2) is 4.79 Å². The van der Waals surface area contributed by atoms with Crippen LogP contribution in [0.2, 0.25) is 0 Å². The number of hydrogen-bond donors (Lipinski definition) is 1. The second-order valence-electron chi connectivity index (χ2n) is 4.83. The fraction of sp³-hybridized carbons (Fsp3) is 0.429. The van der Waals surface area contributed by atoms with Crippen molar-refractivity contribution in [2.75, 3.05) is 13.2 Å². The van der Waals surface area contributed by atoms with Crippen molar-refractivity contribution < 1.29 is 19.4 Å². The van der Waals surface area contributed by atoms with Crippen molar-refractivity contribution in [2.24, 2.45) is 0 Å². The Morgan fingerprint density at radius 2 is 1.79 bits per heavy atom. The van der Waals surface area contributed by atoms with E-state index < -0.39 is 5.97 Å². The zero-order valence-electron chi connectivity index (χ0n) is 11.0. The maximum absolute atomic E-state index is 12.4. The number of carboxylic acid groups (broad SMARTS) is 1. The predicted molar refractivity (Wildman–Crippen MR) is 69.3 cm³/mol. The van der Waals surface area contributed by atoms with Crippen LogP contribution < -0.4 is 0 Å². The van der Waals surface area contributed by atoms with Crippen molar-refractivity contribution in [3.05, 3.63) is 35.4 Å². The van der Waals surface area contributed by atoms with Gasteiger partial charge in [0.25, 0.3) is 5.91 Å². The minimum Gasteiger partial charge on any atom is -0.478 e. The quantitative estimate of drug-likeness (QED) is 0.880. The number of carbonyl (C=O) groups excluding carboxylic acids is 1. The van der Waals surface area contributed by atoms with Crippen molar-refractivity contribution in [1.82, 2.24) is 4.90 Å². The Kier molecular flexibility index (Phi) is 3.85. The Balaban J connectivity index is 2.16. The zero-order chi connectivity index (χ0) is 14.0. The molecule has 1 fully saturated rings. The van der Waals surface area contributed by atoms with Crippen molar-refractivity contribution in [3.8, 4) is 0 Å². The third kappa shape index (κ3) is 2.93. The van der Waals surface area contributed by atoms with E-state index in [-0.39, 0.29) is 23.6 Å². The van der Waals surface area contributed by atoms with Crippen LogP contribution in [0.15, 0.2) is 24.3 Å². The largest absolute Gasteiger partial charge is 0.478 e. The molecule has 1 amide bonds. The Bertz CT molecular complexity index is 483. The van der Waals surface area contributed by atoms with Gasteiger partial charge in [-0.1, -0.05) is 0 Å². The molecule has 2 rings (SSSR count). The molecule has 1 heterocycles. The van der Waals surface area contributed by atoms with E-state index in [9.17, 15) is 9.59 Å². The van der Waals surface area contributed by atoms with Crippen LogP contribution in [-0.2, 0) is 4.74 Å². The molecule has 1 N–H and O–H groups in total. The third-order valence-electron chi connectivity index (χ3n) is 3.25. The van der Waals surface area contributed by atoms with Gasteiger partial charge in [0.05, 0.1) is 24.3 Å². The summed E-state index contributed by atoms with van der Waals surface area (Å²) >= 11 is 0. The van der Waals surface area contributed by atoms with Gasteiger partial charge in [0.1, 0.15) is 0 Å². The molecule has 19 heavy (non-hydrogen) atoms. The van der Waals surface area contributed by atoms with E-state index in [2.05, 4.69) is 0 Å². The molecule has 0 aromatic heterocycles. The topological polar surface area (TPSA) is 66.8 Å². The van der Waals surface area contributed by atoms with E-state index >= 15 is 0 Å². The molecule has 1 aromatic carbocycles. The number of amides is 1. The van der Waals surface area contributed by atoms with Crippen molar-refractivity contribution in [3.63, 3.8) is 0 Å². The van der Waals surface area contributed by atoms with Gasteiger partial charge in [0.15, 0.2) is 0 Å². The van der Waals surface area contributed by atoms with Crippen LogP contribution in [0.4, 0.5) is 0 Å². The summed E-state index contributed by atoms with van der Waals surface area (Å²) in [6, 6.07) is 6.04. The molecular formula is C14H17NO4. The third-order valence-corrected chi connectivity index (χ3v) is 3.25. The van der Waals surface area contributed by atoms with Gasteiger partial charge < -0.3 is 14.7 Å². The van der Waals surface area contributed by atoms with E-state index in [0.717, 1.165) is 0 Å². The molecule has 1 aliphatic rings. The van der Waals surface area contributed by atoms with E-state index in [1.165, 1.54) is 12.1 Å². The molecule has 102 valence electrons. The molecule has 1 aromatic rings. The summed E-state index contributed by atoms with van der Waals surface area (Å²) < 4.78 is 5.49. The molecule has 1 aliphatic heterocycles. The molecule has 0 radical (unpaired) electrons. The summed E-state index contributed by atoms with van der Waals surface area (Å²) in [5.74, 6) is -1.08. The summed E-state index contributed by atoms with van der Waals surface area (Å²) in [4.78, 5) is 24.9. The van der Waals surface area contributed by atoms with Gasteiger partial charge in [-0.2, -0.15) is 0 Å². The number of benzene rings is 1. The fourth-order valence-corrected chi connectivity index (χ4v) is 2.11. The Labute approximate surface area is 111 Å². The van der Waals surface area contributed by atoms with Crippen molar-refractivity contribution in [1.29, 1.82) is 0 Å². The maximum atomic E-state index is 12.4.